The second-order valence-corrected chi connectivity index (χ2v) is 8.09. The molecule has 0 radical (unpaired) electrons. The lowest BCUT2D eigenvalue weighted by atomic mass is 9.87. The van der Waals surface area contributed by atoms with E-state index in [2.05, 4.69) is 36.8 Å². The molecule has 3 rings (SSSR count). The maximum absolute atomic E-state index is 12.7. The molecule has 0 aliphatic heterocycles. The van der Waals surface area contributed by atoms with E-state index >= 15 is 0 Å². The van der Waals surface area contributed by atoms with Crippen LogP contribution in [0.2, 0.25) is 5.02 Å². The predicted molar refractivity (Wildman–Crippen MR) is 112 cm³/mol. The second kappa shape index (κ2) is 8.09. The Labute approximate surface area is 174 Å². The van der Waals surface area contributed by atoms with E-state index in [1.165, 1.54) is 0 Å². The molecule has 0 saturated carbocycles. The van der Waals surface area contributed by atoms with Crippen LogP contribution in [-0.2, 0) is 5.41 Å². The number of nitrogens with one attached hydrogen (secondary N) is 2. The van der Waals surface area contributed by atoms with Gasteiger partial charge in [-0.2, -0.15) is 0 Å². The summed E-state index contributed by atoms with van der Waals surface area (Å²) in [6.45, 7) is 7.91. The molecule has 29 heavy (non-hydrogen) atoms. The van der Waals surface area contributed by atoms with Gasteiger partial charge in [0.05, 0.1) is 5.02 Å². The fourth-order valence-electron chi connectivity index (χ4n) is 2.85. The van der Waals surface area contributed by atoms with Crippen molar-refractivity contribution in [3.8, 4) is 11.3 Å². The summed E-state index contributed by atoms with van der Waals surface area (Å²) in [4.78, 5) is 25.1. The molecule has 1 aromatic heterocycles. The van der Waals surface area contributed by atoms with Gasteiger partial charge < -0.3 is 4.52 Å². The molecule has 0 bridgehead atoms. The fraction of sp³-hybridized carbons (Fsp3) is 0.227. The van der Waals surface area contributed by atoms with Gasteiger partial charge in [-0.25, -0.2) is 0 Å². The van der Waals surface area contributed by atoms with Gasteiger partial charge >= 0.3 is 0 Å². The summed E-state index contributed by atoms with van der Waals surface area (Å²) in [5, 5.41) is 4.40. The number of benzene rings is 2. The van der Waals surface area contributed by atoms with Crippen LogP contribution >= 0.6 is 11.6 Å². The highest BCUT2D eigenvalue weighted by atomic mass is 35.5. The van der Waals surface area contributed by atoms with Crippen molar-refractivity contribution in [1.82, 2.24) is 16.0 Å². The van der Waals surface area contributed by atoms with Crippen LogP contribution in [0.3, 0.4) is 0 Å². The summed E-state index contributed by atoms with van der Waals surface area (Å²) in [5.41, 5.74) is 7.48. The fourth-order valence-corrected chi connectivity index (χ4v) is 3.07. The number of aromatic nitrogens is 1. The second-order valence-electron chi connectivity index (χ2n) is 7.68. The Kier molecular flexibility index (Phi) is 5.75. The van der Waals surface area contributed by atoms with Crippen molar-refractivity contribution < 1.29 is 14.1 Å². The summed E-state index contributed by atoms with van der Waals surface area (Å²) in [5.74, 6) is -0.647. The predicted octanol–water partition coefficient (Wildman–Crippen LogP) is 4.68. The summed E-state index contributed by atoms with van der Waals surface area (Å²) >= 11 is 6.21. The maximum Gasteiger partial charge on any atom is 0.275 e. The Bertz CT molecular complexity index is 1050. The van der Waals surface area contributed by atoms with Crippen LogP contribution in [-0.4, -0.2) is 17.0 Å². The number of hydrogen-bond donors (Lipinski definition) is 2. The van der Waals surface area contributed by atoms with Crippen molar-refractivity contribution in [2.24, 2.45) is 0 Å². The van der Waals surface area contributed by atoms with E-state index in [4.69, 9.17) is 16.1 Å². The molecule has 2 N–H and O–H groups in total. The number of nitrogens with zero attached hydrogens (tertiary/aromatic N) is 1. The highest BCUT2D eigenvalue weighted by Gasteiger charge is 2.23. The van der Waals surface area contributed by atoms with E-state index in [0.29, 0.717) is 27.6 Å². The average Bonchev–Trinajstić information content (AvgIpc) is 3.07. The molecule has 0 aliphatic carbocycles. The summed E-state index contributed by atoms with van der Waals surface area (Å²) < 4.78 is 5.18. The van der Waals surface area contributed by atoms with E-state index in [0.717, 1.165) is 5.56 Å². The van der Waals surface area contributed by atoms with Gasteiger partial charge in [0.15, 0.2) is 0 Å². The molecule has 2 amide bonds. The zero-order chi connectivity index (χ0) is 21.2. The molecule has 0 unspecified atom stereocenters. The van der Waals surface area contributed by atoms with Gasteiger partial charge in [-0.3, -0.25) is 20.4 Å². The standard InChI is InChI=1S/C22H22ClN3O3/c1-13-18(19(26-29-13)16-7-5-6-8-17(16)23)21(28)25-24-20(27)14-9-11-15(12-10-14)22(2,3)4/h5-12H,1-4H3,(H,24,27)(H,25,28). The number of rotatable bonds is 3. The van der Waals surface area contributed by atoms with Gasteiger partial charge in [-0.05, 0) is 36.1 Å². The van der Waals surface area contributed by atoms with Gasteiger partial charge in [0.2, 0.25) is 0 Å². The third-order valence-electron chi connectivity index (χ3n) is 4.52. The number of aryl methyl sites for hydroxylation is 1. The number of hydrogen-bond acceptors (Lipinski definition) is 4. The number of halogens is 1. The van der Waals surface area contributed by atoms with Crippen LogP contribution in [0.15, 0.2) is 53.1 Å². The highest BCUT2D eigenvalue weighted by molar-refractivity contribution is 6.33. The minimum absolute atomic E-state index is 0.00978. The quantitative estimate of drug-likeness (QED) is 0.613. The molecular weight excluding hydrogens is 390 g/mol. The third kappa shape index (κ3) is 4.49. The Morgan fingerprint density at radius 1 is 0.966 bits per heavy atom. The first-order valence-electron chi connectivity index (χ1n) is 9.11. The van der Waals surface area contributed by atoms with Gasteiger partial charge in [-0.1, -0.05) is 67.9 Å². The zero-order valence-electron chi connectivity index (χ0n) is 16.7. The molecular formula is C22H22ClN3O3. The first-order chi connectivity index (χ1) is 13.7. The number of carbonyl (C=O) groups is 2. The van der Waals surface area contributed by atoms with Gasteiger partial charge in [0, 0.05) is 11.1 Å². The molecule has 0 spiro atoms. The van der Waals surface area contributed by atoms with Crippen molar-refractivity contribution in [3.63, 3.8) is 0 Å². The molecule has 6 nitrogen and oxygen atoms in total. The Morgan fingerprint density at radius 3 is 2.21 bits per heavy atom. The van der Waals surface area contributed by atoms with Crippen molar-refractivity contribution in [2.75, 3.05) is 0 Å². The third-order valence-corrected chi connectivity index (χ3v) is 4.85. The van der Waals surface area contributed by atoms with E-state index in [1.807, 2.05) is 12.1 Å². The zero-order valence-corrected chi connectivity index (χ0v) is 17.4. The lowest BCUT2D eigenvalue weighted by molar-refractivity contribution is 0.0846. The summed E-state index contributed by atoms with van der Waals surface area (Å²) in [7, 11) is 0. The average molecular weight is 412 g/mol. The van der Waals surface area contributed by atoms with Crippen LogP contribution in [0.4, 0.5) is 0 Å². The molecule has 1 heterocycles. The monoisotopic (exact) mass is 411 g/mol. The van der Waals surface area contributed by atoms with Crippen molar-refractivity contribution in [2.45, 2.75) is 33.1 Å². The number of carbonyl (C=O) groups excluding carboxylic acids is 2. The Morgan fingerprint density at radius 2 is 1.59 bits per heavy atom. The van der Waals surface area contributed by atoms with E-state index in [-0.39, 0.29) is 11.0 Å². The highest BCUT2D eigenvalue weighted by Crippen LogP contribution is 2.30. The van der Waals surface area contributed by atoms with Crippen molar-refractivity contribution in [1.29, 1.82) is 0 Å². The Balaban J connectivity index is 1.74. The normalized spacial score (nSPS) is 11.2. The maximum atomic E-state index is 12.7. The van der Waals surface area contributed by atoms with Crippen LogP contribution < -0.4 is 10.9 Å². The molecule has 0 saturated heterocycles. The van der Waals surface area contributed by atoms with E-state index in [1.54, 1.807) is 43.3 Å². The molecule has 150 valence electrons. The molecule has 0 atom stereocenters. The van der Waals surface area contributed by atoms with Crippen LogP contribution in [0, 0.1) is 6.92 Å². The largest absolute Gasteiger partial charge is 0.360 e. The van der Waals surface area contributed by atoms with Crippen molar-refractivity contribution >= 4 is 23.4 Å². The van der Waals surface area contributed by atoms with E-state index < -0.39 is 11.8 Å². The topological polar surface area (TPSA) is 84.2 Å². The number of amides is 2. The molecule has 0 aliphatic rings. The SMILES string of the molecule is Cc1onc(-c2ccccc2Cl)c1C(=O)NNC(=O)c1ccc(C(C)(C)C)cc1. The van der Waals surface area contributed by atoms with Crippen LogP contribution in [0.1, 0.15) is 52.8 Å². The van der Waals surface area contributed by atoms with Crippen LogP contribution in [0.25, 0.3) is 11.3 Å². The first-order valence-corrected chi connectivity index (χ1v) is 9.48. The van der Waals surface area contributed by atoms with Gasteiger partial charge in [0.1, 0.15) is 17.0 Å². The molecule has 3 aromatic rings. The summed E-state index contributed by atoms with van der Waals surface area (Å²) in [6.07, 6.45) is 0. The smallest absolute Gasteiger partial charge is 0.275 e. The molecule has 2 aromatic carbocycles. The van der Waals surface area contributed by atoms with Gasteiger partial charge in [0.25, 0.3) is 11.8 Å². The van der Waals surface area contributed by atoms with Gasteiger partial charge in [-0.15, -0.1) is 0 Å². The minimum atomic E-state index is -0.543. The Hall–Kier alpha value is -3.12. The van der Waals surface area contributed by atoms with Crippen LogP contribution in [0.5, 0.6) is 0 Å². The molecule has 0 fully saturated rings. The number of hydrazine groups is 1. The lowest BCUT2D eigenvalue weighted by Crippen LogP contribution is -2.41. The summed E-state index contributed by atoms with van der Waals surface area (Å²) in [6, 6.07) is 14.3. The lowest BCUT2D eigenvalue weighted by Gasteiger charge is -2.19. The molecule has 7 heteroatoms. The first kappa shape index (κ1) is 20.6. The van der Waals surface area contributed by atoms with Crippen molar-refractivity contribution in [3.05, 3.63) is 76.0 Å². The minimum Gasteiger partial charge on any atom is -0.360 e. The van der Waals surface area contributed by atoms with E-state index in [9.17, 15) is 9.59 Å².